The van der Waals surface area contributed by atoms with E-state index >= 15 is 0 Å². The summed E-state index contributed by atoms with van der Waals surface area (Å²) in [5.41, 5.74) is 5.51. The Hall–Kier alpha value is -2.99. The minimum Gasteiger partial charge on any atom is -0.493 e. The Morgan fingerprint density at radius 2 is 1.77 bits per heavy atom. The number of ether oxygens (including phenoxy) is 2. The molecule has 162 valence electrons. The molecule has 1 aliphatic heterocycles. The molecule has 31 heavy (non-hydrogen) atoms. The van der Waals surface area contributed by atoms with Crippen LogP contribution in [0, 0.1) is 0 Å². The molecule has 0 N–H and O–H groups in total. The fourth-order valence-corrected chi connectivity index (χ4v) is 3.81. The van der Waals surface area contributed by atoms with Crippen molar-refractivity contribution in [3.8, 4) is 22.8 Å². The lowest BCUT2D eigenvalue weighted by Crippen LogP contribution is -2.32. The van der Waals surface area contributed by atoms with E-state index in [9.17, 15) is 0 Å². The first-order chi connectivity index (χ1) is 14.9. The number of rotatable bonds is 5. The second-order valence-corrected chi connectivity index (χ2v) is 9.00. The molecular formula is C25H30N4O2. The van der Waals surface area contributed by atoms with Crippen LogP contribution in [0.3, 0.4) is 0 Å². The summed E-state index contributed by atoms with van der Waals surface area (Å²) >= 11 is 0. The predicted octanol–water partition coefficient (Wildman–Crippen LogP) is 4.41. The molecule has 3 heterocycles. The molecule has 6 heteroatoms. The monoisotopic (exact) mass is 418 g/mol. The zero-order chi connectivity index (χ0) is 22.0. The molecule has 0 aliphatic carbocycles. The molecule has 1 aromatic carbocycles. The van der Waals surface area contributed by atoms with Gasteiger partial charge in [0.1, 0.15) is 5.82 Å². The van der Waals surface area contributed by atoms with Crippen molar-refractivity contribution >= 4 is 0 Å². The minimum atomic E-state index is -0.0204. The van der Waals surface area contributed by atoms with E-state index in [0.29, 0.717) is 11.5 Å². The Morgan fingerprint density at radius 1 is 0.968 bits per heavy atom. The van der Waals surface area contributed by atoms with Crippen LogP contribution in [0.4, 0.5) is 0 Å². The molecule has 3 aromatic rings. The van der Waals surface area contributed by atoms with Gasteiger partial charge in [-0.25, -0.2) is 9.97 Å². The Labute approximate surface area is 184 Å². The van der Waals surface area contributed by atoms with Gasteiger partial charge in [-0.3, -0.25) is 9.88 Å². The van der Waals surface area contributed by atoms with Crippen LogP contribution >= 0.6 is 0 Å². The van der Waals surface area contributed by atoms with Gasteiger partial charge in [-0.1, -0.05) is 26.8 Å². The van der Waals surface area contributed by atoms with Gasteiger partial charge in [0.15, 0.2) is 11.5 Å². The third-order valence-electron chi connectivity index (χ3n) is 5.59. The van der Waals surface area contributed by atoms with Crippen LogP contribution in [-0.2, 0) is 24.9 Å². The van der Waals surface area contributed by atoms with Crippen molar-refractivity contribution in [3.05, 3.63) is 65.4 Å². The van der Waals surface area contributed by atoms with Crippen molar-refractivity contribution in [2.24, 2.45) is 0 Å². The normalized spacial score (nSPS) is 14.2. The molecule has 1 aliphatic rings. The van der Waals surface area contributed by atoms with Crippen LogP contribution < -0.4 is 9.47 Å². The molecule has 2 aromatic heterocycles. The van der Waals surface area contributed by atoms with E-state index in [1.165, 1.54) is 16.8 Å². The first kappa shape index (κ1) is 21.2. The number of benzene rings is 1. The fourth-order valence-electron chi connectivity index (χ4n) is 3.81. The highest BCUT2D eigenvalue weighted by Crippen LogP contribution is 2.31. The van der Waals surface area contributed by atoms with E-state index in [0.717, 1.165) is 43.1 Å². The second kappa shape index (κ2) is 8.63. The van der Waals surface area contributed by atoms with Gasteiger partial charge in [0.05, 0.1) is 19.9 Å². The number of pyridine rings is 1. The van der Waals surface area contributed by atoms with Crippen LogP contribution in [0.2, 0.25) is 0 Å². The Kier molecular flexibility index (Phi) is 5.92. The first-order valence-corrected chi connectivity index (χ1v) is 10.6. The summed E-state index contributed by atoms with van der Waals surface area (Å²) in [6, 6.07) is 10.1. The number of hydrogen-bond donors (Lipinski definition) is 0. The van der Waals surface area contributed by atoms with E-state index < -0.39 is 0 Å². The van der Waals surface area contributed by atoms with Crippen molar-refractivity contribution in [1.82, 2.24) is 19.9 Å². The fraction of sp³-hybridized carbons (Fsp3) is 0.400. The summed E-state index contributed by atoms with van der Waals surface area (Å²) in [6.07, 6.45) is 4.92. The quantitative estimate of drug-likeness (QED) is 0.612. The molecule has 0 atom stereocenters. The third-order valence-corrected chi connectivity index (χ3v) is 5.59. The average molecular weight is 419 g/mol. The highest BCUT2D eigenvalue weighted by Gasteiger charge is 2.23. The number of aromatic nitrogens is 3. The number of nitrogens with zero attached hydrogens (tertiary/aromatic N) is 4. The Bertz CT molecular complexity index is 1060. The molecule has 0 unspecified atom stereocenters. The largest absolute Gasteiger partial charge is 0.493 e. The van der Waals surface area contributed by atoms with Crippen molar-refractivity contribution in [2.75, 3.05) is 20.8 Å². The zero-order valence-electron chi connectivity index (χ0n) is 19.0. The summed E-state index contributed by atoms with van der Waals surface area (Å²) in [7, 11) is 3.28. The van der Waals surface area contributed by atoms with Crippen molar-refractivity contribution in [3.63, 3.8) is 0 Å². The summed E-state index contributed by atoms with van der Waals surface area (Å²) in [5, 5.41) is 0. The Morgan fingerprint density at radius 3 is 2.45 bits per heavy atom. The van der Waals surface area contributed by atoms with E-state index in [1.807, 2.05) is 30.6 Å². The van der Waals surface area contributed by atoms with Gasteiger partial charge in [0.2, 0.25) is 0 Å². The third kappa shape index (κ3) is 4.69. The van der Waals surface area contributed by atoms with Crippen molar-refractivity contribution in [1.29, 1.82) is 0 Å². The van der Waals surface area contributed by atoms with E-state index in [4.69, 9.17) is 14.5 Å². The molecular weight excluding hydrogens is 388 g/mol. The van der Waals surface area contributed by atoms with Crippen LogP contribution in [-0.4, -0.2) is 40.6 Å². The van der Waals surface area contributed by atoms with Gasteiger partial charge < -0.3 is 9.47 Å². The standard InChI is InChI=1S/C25H30N4O2/c1-25(2,3)24-27-14-19-16-29(11-10-21(19)28-24)15-17-6-8-20(26-13-17)18-7-9-22(30-4)23(12-18)31-5/h6-9,12-14H,10-11,15-16H2,1-5H3. The molecule has 0 saturated heterocycles. The zero-order valence-corrected chi connectivity index (χ0v) is 19.0. The minimum absolute atomic E-state index is 0.0204. The van der Waals surface area contributed by atoms with Crippen molar-refractivity contribution in [2.45, 2.75) is 45.7 Å². The topological polar surface area (TPSA) is 60.4 Å². The number of fused-ring (bicyclic) bond motifs is 1. The van der Waals surface area contributed by atoms with Crippen LogP contribution in [0.5, 0.6) is 11.5 Å². The summed E-state index contributed by atoms with van der Waals surface area (Å²) in [4.78, 5) is 16.5. The van der Waals surface area contributed by atoms with Gasteiger partial charge in [-0.05, 0) is 29.8 Å². The second-order valence-electron chi connectivity index (χ2n) is 9.00. The van der Waals surface area contributed by atoms with Gasteiger partial charge in [-0.15, -0.1) is 0 Å². The SMILES string of the molecule is COc1ccc(-c2ccc(CN3CCc4nc(C(C)(C)C)ncc4C3)cn2)cc1OC. The average Bonchev–Trinajstić information content (AvgIpc) is 2.78. The van der Waals surface area contributed by atoms with Gasteiger partial charge in [-0.2, -0.15) is 0 Å². The molecule has 4 rings (SSSR count). The van der Waals surface area contributed by atoms with Crippen LogP contribution in [0.1, 0.15) is 43.4 Å². The van der Waals surface area contributed by atoms with Crippen LogP contribution in [0.15, 0.2) is 42.7 Å². The first-order valence-electron chi connectivity index (χ1n) is 10.6. The maximum atomic E-state index is 5.41. The molecule has 0 spiro atoms. The molecule has 0 fully saturated rings. The van der Waals surface area contributed by atoms with Gasteiger partial charge in [0.25, 0.3) is 0 Å². The van der Waals surface area contributed by atoms with E-state index in [1.54, 1.807) is 14.2 Å². The van der Waals surface area contributed by atoms with Crippen molar-refractivity contribution < 1.29 is 9.47 Å². The number of methoxy groups -OCH3 is 2. The highest BCUT2D eigenvalue weighted by molar-refractivity contribution is 5.64. The Balaban J connectivity index is 1.44. The molecule has 0 saturated carbocycles. The maximum Gasteiger partial charge on any atom is 0.161 e. The molecule has 0 radical (unpaired) electrons. The molecule has 0 bridgehead atoms. The predicted molar refractivity (Wildman–Crippen MR) is 121 cm³/mol. The summed E-state index contributed by atoms with van der Waals surface area (Å²) in [6.45, 7) is 9.19. The van der Waals surface area contributed by atoms with E-state index in [-0.39, 0.29) is 5.41 Å². The molecule has 0 amide bonds. The van der Waals surface area contributed by atoms with Crippen LogP contribution in [0.25, 0.3) is 11.3 Å². The summed E-state index contributed by atoms with van der Waals surface area (Å²) < 4.78 is 10.7. The molecule has 6 nitrogen and oxygen atoms in total. The van der Waals surface area contributed by atoms with Gasteiger partial charge in [0, 0.05) is 60.7 Å². The maximum absolute atomic E-state index is 5.41. The summed E-state index contributed by atoms with van der Waals surface area (Å²) in [5.74, 6) is 2.34. The number of hydrogen-bond acceptors (Lipinski definition) is 6. The smallest absolute Gasteiger partial charge is 0.161 e. The van der Waals surface area contributed by atoms with E-state index in [2.05, 4.69) is 47.8 Å². The lowest BCUT2D eigenvalue weighted by molar-refractivity contribution is 0.242. The lowest BCUT2D eigenvalue weighted by atomic mass is 9.95. The lowest BCUT2D eigenvalue weighted by Gasteiger charge is -2.29. The highest BCUT2D eigenvalue weighted by atomic mass is 16.5. The van der Waals surface area contributed by atoms with Gasteiger partial charge >= 0.3 is 0 Å².